The molecule has 1 aliphatic carbocycles. The summed E-state index contributed by atoms with van der Waals surface area (Å²) in [5, 5.41) is 0.341. The minimum Gasteiger partial charge on any atom is -0.351 e. The smallest absolute Gasteiger partial charge is 0.351 e. The van der Waals surface area contributed by atoms with Crippen LogP contribution in [0.2, 0.25) is 0 Å². The quantitative estimate of drug-likeness (QED) is 0.803. The lowest BCUT2D eigenvalue weighted by atomic mass is 9.95. The zero-order chi connectivity index (χ0) is 21.5. The topological polar surface area (TPSA) is 56.4 Å². The molecule has 4 rings (SSSR count). The number of nitrogens with one attached hydrogen (secondary N) is 1. The average Bonchev–Trinajstić information content (AvgIpc) is 3.15. The molecule has 1 N–H and O–H groups in total. The molecule has 1 aromatic heterocycles. The van der Waals surface area contributed by atoms with Gasteiger partial charge in [0, 0.05) is 42.7 Å². The highest BCUT2D eigenvalue weighted by Gasteiger charge is 2.31. The number of amides is 2. The van der Waals surface area contributed by atoms with Crippen molar-refractivity contribution in [3.8, 4) is 0 Å². The molecule has 0 spiro atoms. The average molecular weight is 417 g/mol. The molecule has 5 nitrogen and oxygen atoms in total. The van der Waals surface area contributed by atoms with Crippen LogP contribution in [-0.4, -0.2) is 52.8 Å². The first-order chi connectivity index (χ1) is 14.2. The second-order valence-corrected chi connectivity index (χ2v) is 7.83. The minimum absolute atomic E-state index is 0.00333. The van der Waals surface area contributed by atoms with E-state index in [0.29, 0.717) is 49.4 Å². The first-order valence-electron chi connectivity index (χ1n) is 9.88. The summed E-state index contributed by atoms with van der Waals surface area (Å²) < 4.78 is 38.7. The summed E-state index contributed by atoms with van der Waals surface area (Å²) >= 11 is 0. The Labute approximate surface area is 171 Å². The van der Waals surface area contributed by atoms with E-state index >= 15 is 0 Å². The van der Waals surface area contributed by atoms with Gasteiger partial charge in [0.1, 0.15) is 5.69 Å². The molecule has 30 heavy (non-hydrogen) atoms. The number of hydrogen-bond acceptors (Lipinski definition) is 2. The van der Waals surface area contributed by atoms with Crippen molar-refractivity contribution in [3.63, 3.8) is 0 Å². The molecule has 2 aromatic rings. The van der Waals surface area contributed by atoms with Crippen molar-refractivity contribution in [2.45, 2.75) is 19.5 Å². The van der Waals surface area contributed by atoms with Gasteiger partial charge in [-0.15, -0.1) is 0 Å². The van der Waals surface area contributed by atoms with Gasteiger partial charge in [-0.25, -0.2) is 0 Å². The van der Waals surface area contributed by atoms with Crippen LogP contribution in [0.1, 0.15) is 29.4 Å². The number of carbonyl (C=O) groups excluding carboxylic acids is 2. The molecular formula is C22H22F3N3O2. The van der Waals surface area contributed by atoms with Crippen LogP contribution in [-0.2, 0) is 11.0 Å². The first-order valence-corrected chi connectivity index (χ1v) is 9.88. The van der Waals surface area contributed by atoms with Crippen molar-refractivity contribution in [3.05, 3.63) is 59.3 Å². The predicted octanol–water partition coefficient (Wildman–Crippen LogP) is 3.99. The van der Waals surface area contributed by atoms with Gasteiger partial charge in [-0.05, 0) is 36.6 Å². The van der Waals surface area contributed by atoms with Gasteiger partial charge in [0.15, 0.2) is 0 Å². The van der Waals surface area contributed by atoms with Crippen LogP contribution in [0.5, 0.6) is 0 Å². The Bertz CT molecular complexity index is 1040. The van der Waals surface area contributed by atoms with E-state index in [2.05, 4.69) is 18.0 Å². The number of fused-ring (bicyclic) bond motifs is 1. The number of aromatic nitrogens is 1. The second-order valence-electron chi connectivity index (χ2n) is 7.83. The SMILES string of the molecule is CC1C=CC=C(C(=O)N2CCN(C(=O)c3cc4cc(C(F)(F)F)ccc4[nH]3)CC2)C1. The van der Waals surface area contributed by atoms with Crippen LogP contribution in [0.3, 0.4) is 0 Å². The number of rotatable bonds is 2. The highest BCUT2D eigenvalue weighted by Crippen LogP contribution is 2.31. The van der Waals surface area contributed by atoms with Crippen LogP contribution in [0, 0.1) is 5.92 Å². The van der Waals surface area contributed by atoms with E-state index < -0.39 is 11.7 Å². The molecule has 1 unspecified atom stereocenters. The van der Waals surface area contributed by atoms with E-state index in [0.717, 1.165) is 17.7 Å². The van der Waals surface area contributed by atoms with Crippen LogP contribution in [0.25, 0.3) is 10.9 Å². The standard InChI is InChI=1S/C22H22F3N3O2/c1-14-3-2-4-15(11-14)20(29)27-7-9-28(10-8-27)21(30)19-13-16-12-17(22(23,24)25)5-6-18(16)26-19/h2-6,12-14,26H,7-11H2,1H3. The predicted molar refractivity (Wildman–Crippen MR) is 107 cm³/mol. The van der Waals surface area contributed by atoms with Crippen LogP contribution in [0.4, 0.5) is 13.2 Å². The largest absolute Gasteiger partial charge is 0.416 e. The number of aromatic amines is 1. The van der Waals surface area contributed by atoms with Gasteiger partial charge in [0.05, 0.1) is 5.56 Å². The Balaban J connectivity index is 1.42. The Morgan fingerprint density at radius 1 is 1.03 bits per heavy atom. The van der Waals surface area contributed by atoms with E-state index in [1.54, 1.807) is 9.80 Å². The number of piperazine rings is 1. The van der Waals surface area contributed by atoms with E-state index in [4.69, 9.17) is 0 Å². The number of nitrogens with zero attached hydrogens (tertiary/aromatic N) is 2. The van der Waals surface area contributed by atoms with Gasteiger partial charge in [0.25, 0.3) is 5.91 Å². The molecule has 2 amide bonds. The van der Waals surface area contributed by atoms with Crippen molar-refractivity contribution >= 4 is 22.7 Å². The molecular weight excluding hydrogens is 395 g/mol. The maximum absolute atomic E-state index is 12.9. The summed E-state index contributed by atoms with van der Waals surface area (Å²) in [6.07, 6.45) is 2.09. The van der Waals surface area contributed by atoms with Crippen LogP contribution >= 0.6 is 0 Å². The highest BCUT2D eigenvalue weighted by molar-refractivity contribution is 5.98. The van der Waals surface area contributed by atoms with Crippen molar-refractivity contribution in [2.75, 3.05) is 26.2 Å². The summed E-state index contributed by atoms with van der Waals surface area (Å²) in [6.45, 7) is 3.68. The van der Waals surface area contributed by atoms with Gasteiger partial charge < -0.3 is 14.8 Å². The summed E-state index contributed by atoms with van der Waals surface area (Å²) in [6, 6.07) is 4.81. The Hall–Kier alpha value is -3.03. The van der Waals surface area contributed by atoms with Crippen molar-refractivity contribution in [2.24, 2.45) is 5.92 Å². The highest BCUT2D eigenvalue weighted by atomic mass is 19.4. The fourth-order valence-corrected chi connectivity index (χ4v) is 3.91. The zero-order valence-electron chi connectivity index (χ0n) is 16.5. The number of halogens is 3. The molecule has 2 aliphatic rings. The van der Waals surface area contributed by atoms with Crippen LogP contribution < -0.4 is 0 Å². The second kappa shape index (κ2) is 7.66. The fraction of sp³-hybridized carbons (Fsp3) is 0.364. The van der Waals surface area contributed by atoms with E-state index in [9.17, 15) is 22.8 Å². The zero-order valence-corrected chi connectivity index (χ0v) is 16.5. The van der Waals surface area contributed by atoms with Gasteiger partial charge in [-0.3, -0.25) is 9.59 Å². The Morgan fingerprint density at radius 3 is 2.33 bits per heavy atom. The first kappa shape index (κ1) is 20.3. The number of allylic oxidation sites excluding steroid dienone is 3. The van der Waals surface area contributed by atoms with Crippen molar-refractivity contribution in [1.29, 1.82) is 0 Å². The van der Waals surface area contributed by atoms with E-state index in [1.165, 1.54) is 12.1 Å². The third-order valence-electron chi connectivity index (χ3n) is 5.59. The molecule has 0 radical (unpaired) electrons. The maximum atomic E-state index is 12.9. The molecule has 158 valence electrons. The summed E-state index contributed by atoms with van der Waals surface area (Å²) in [5.41, 5.74) is 0.756. The molecule has 2 heterocycles. The van der Waals surface area contributed by atoms with Crippen molar-refractivity contribution < 1.29 is 22.8 Å². The Morgan fingerprint density at radius 2 is 1.70 bits per heavy atom. The van der Waals surface area contributed by atoms with Gasteiger partial charge in [0.2, 0.25) is 5.91 Å². The third kappa shape index (κ3) is 3.99. The number of H-pyrrole nitrogens is 1. The van der Waals surface area contributed by atoms with Gasteiger partial charge in [-0.1, -0.05) is 25.2 Å². The molecule has 1 fully saturated rings. The lowest BCUT2D eigenvalue weighted by Gasteiger charge is -2.35. The van der Waals surface area contributed by atoms with Gasteiger partial charge >= 0.3 is 6.18 Å². The fourth-order valence-electron chi connectivity index (χ4n) is 3.91. The molecule has 0 bridgehead atoms. The van der Waals surface area contributed by atoms with E-state index in [1.807, 2.05) is 12.2 Å². The Kier molecular flexibility index (Phi) is 5.17. The number of benzene rings is 1. The van der Waals surface area contributed by atoms with E-state index in [-0.39, 0.29) is 17.5 Å². The van der Waals surface area contributed by atoms with Crippen molar-refractivity contribution in [1.82, 2.24) is 14.8 Å². The maximum Gasteiger partial charge on any atom is 0.416 e. The third-order valence-corrected chi connectivity index (χ3v) is 5.59. The number of carbonyl (C=O) groups is 2. The lowest BCUT2D eigenvalue weighted by molar-refractivity contribution is -0.137. The molecule has 1 atom stereocenters. The van der Waals surface area contributed by atoms with Gasteiger partial charge in [-0.2, -0.15) is 13.2 Å². The van der Waals surface area contributed by atoms with Crippen LogP contribution in [0.15, 0.2) is 48.1 Å². The normalized spacial score (nSPS) is 19.9. The molecule has 1 saturated heterocycles. The monoisotopic (exact) mass is 417 g/mol. The number of hydrogen-bond donors (Lipinski definition) is 1. The summed E-state index contributed by atoms with van der Waals surface area (Å²) in [4.78, 5) is 31.8. The molecule has 0 saturated carbocycles. The summed E-state index contributed by atoms with van der Waals surface area (Å²) in [7, 11) is 0. The molecule has 8 heteroatoms. The summed E-state index contributed by atoms with van der Waals surface area (Å²) in [5.74, 6) is 0.0561. The number of alkyl halides is 3. The molecule has 1 aliphatic heterocycles. The minimum atomic E-state index is -4.43. The lowest BCUT2D eigenvalue weighted by Crippen LogP contribution is -2.51. The molecule has 1 aromatic carbocycles.